The van der Waals surface area contributed by atoms with Crippen LogP contribution >= 0.6 is 0 Å². The van der Waals surface area contributed by atoms with Crippen molar-refractivity contribution in [1.82, 2.24) is 15.0 Å². The van der Waals surface area contributed by atoms with Crippen molar-refractivity contribution < 1.29 is 14.6 Å². The number of nitrogens with zero attached hydrogens (tertiary/aromatic N) is 4. The first-order valence-corrected chi connectivity index (χ1v) is 8.64. The summed E-state index contributed by atoms with van der Waals surface area (Å²) >= 11 is 0. The lowest BCUT2D eigenvalue weighted by atomic mass is 10.1. The maximum absolute atomic E-state index is 11.0. The minimum absolute atomic E-state index is 0.0270. The molecule has 0 unspecified atom stereocenters. The number of rotatable bonds is 5. The predicted octanol–water partition coefficient (Wildman–Crippen LogP) is 2.95. The topological polar surface area (TPSA) is 106 Å². The smallest absolute Gasteiger partial charge is 0.270 e. The van der Waals surface area contributed by atoms with Crippen molar-refractivity contribution in [1.29, 1.82) is 0 Å². The molecule has 0 aliphatic carbocycles. The van der Waals surface area contributed by atoms with Gasteiger partial charge in [0.25, 0.3) is 5.69 Å². The van der Waals surface area contributed by atoms with Crippen LogP contribution in [0.1, 0.15) is 23.9 Å². The van der Waals surface area contributed by atoms with Crippen LogP contribution in [-0.4, -0.2) is 37.7 Å². The van der Waals surface area contributed by atoms with E-state index >= 15 is 0 Å². The number of aromatic nitrogens is 2. The van der Waals surface area contributed by atoms with Crippen LogP contribution in [0, 0.1) is 10.1 Å². The van der Waals surface area contributed by atoms with E-state index in [0.717, 1.165) is 5.56 Å². The Morgan fingerprint density at radius 1 is 1.22 bits per heavy atom. The number of nitro groups is 1. The van der Waals surface area contributed by atoms with Crippen molar-refractivity contribution in [2.24, 2.45) is 0 Å². The fraction of sp³-hybridized carbons (Fsp3) is 0.263. The van der Waals surface area contributed by atoms with Crippen LogP contribution in [0.2, 0.25) is 0 Å². The van der Waals surface area contributed by atoms with Gasteiger partial charge in [-0.15, -0.1) is 0 Å². The number of β-amino-alcohol motifs (C(OH)–C–C–N with tert-alkyl or cyclic N) is 1. The Labute approximate surface area is 155 Å². The third-order valence-corrected chi connectivity index (χ3v) is 4.65. The molecule has 2 heterocycles. The van der Waals surface area contributed by atoms with Crippen LogP contribution in [0.4, 0.5) is 5.69 Å². The number of aliphatic hydroxyl groups excluding tert-OH is 1. The molecule has 2 aromatic carbocycles. The summed E-state index contributed by atoms with van der Waals surface area (Å²) in [5.74, 6) is 0.707. The molecule has 2 atom stereocenters. The summed E-state index contributed by atoms with van der Waals surface area (Å²) in [4.78, 5) is 17.0. The Bertz CT molecular complexity index is 944. The van der Waals surface area contributed by atoms with Gasteiger partial charge >= 0.3 is 0 Å². The number of hydrogen-bond acceptors (Lipinski definition) is 7. The molecule has 0 bridgehead atoms. The van der Waals surface area contributed by atoms with Crippen LogP contribution in [0.15, 0.2) is 59.1 Å². The molecular formula is C19H18N4O4. The first-order valence-electron chi connectivity index (χ1n) is 8.64. The van der Waals surface area contributed by atoms with Gasteiger partial charge in [-0.3, -0.25) is 15.0 Å². The third kappa shape index (κ3) is 3.71. The van der Waals surface area contributed by atoms with E-state index in [4.69, 9.17) is 4.52 Å². The van der Waals surface area contributed by atoms with Crippen LogP contribution in [0.25, 0.3) is 11.4 Å². The van der Waals surface area contributed by atoms with Crippen LogP contribution in [0.5, 0.6) is 0 Å². The fourth-order valence-electron chi connectivity index (χ4n) is 3.38. The van der Waals surface area contributed by atoms with Gasteiger partial charge in [0.15, 0.2) is 0 Å². The largest absolute Gasteiger partial charge is 0.392 e. The van der Waals surface area contributed by atoms with Crippen molar-refractivity contribution in [3.8, 4) is 11.4 Å². The second kappa shape index (κ2) is 7.26. The van der Waals surface area contributed by atoms with Crippen molar-refractivity contribution in [3.05, 3.63) is 76.2 Å². The highest BCUT2D eigenvalue weighted by molar-refractivity contribution is 5.58. The van der Waals surface area contributed by atoms with Gasteiger partial charge in [-0.1, -0.05) is 47.6 Å². The van der Waals surface area contributed by atoms with E-state index in [9.17, 15) is 15.2 Å². The molecule has 1 aliphatic heterocycles. The molecule has 0 saturated carbocycles. The molecule has 8 heteroatoms. The van der Waals surface area contributed by atoms with Gasteiger partial charge < -0.3 is 9.63 Å². The number of aliphatic hydroxyl groups is 1. The normalized spacial score (nSPS) is 20.0. The van der Waals surface area contributed by atoms with Gasteiger partial charge in [-0.25, -0.2) is 0 Å². The van der Waals surface area contributed by atoms with E-state index in [-0.39, 0.29) is 11.7 Å². The van der Waals surface area contributed by atoms with Crippen molar-refractivity contribution >= 4 is 5.69 Å². The van der Waals surface area contributed by atoms with Gasteiger partial charge in [0.2, 0.25) is 11.7 Å². The Morgan fingerprint density at radius 3 is 2.81 bits per heavy atom. The number of non-ortho nitro benzene ring substituents is 1. The molecule has 0 amide bonds. The number of hydrogen-bond donors (Lipinski definition) is 1. The SMILES string of the molecule is O=[N+]([O-])c1cccc(-c2noc([C@@H]3C[C@@H](O)CN3Cc3ccccc3)n2)c1. The summed E-state index contributed by atoms with van der Waals surface area (Å²) in [5.41, 5.74) is 1.63. The lowest BCUT2D eigenvalue weighted by Gasteiger charge is -2.21. The zero-order chi connectivity index (χ0) is 18.8. The number of nitro benzene ring substituents is 1. The molecule has 1 N–H and O–H groups in total. The number of likely N-dealkylation sites (tertiary alicyclic amines) is 1. The third-order valence-electron chi connectivity index (χ3n) is 4.65. The lowest BCUT2D eigenvalue weighted by molar-refractivity contribution is -0.384. The highest BCUT2D eigenvalue weighted by atomic mass is 16.6. The summed E-state index contributed by atoms with van der Waals surface area (Å²) < 4.78 is 5.44. The first kappa shape index (κ1) is 17.3. The van der Waals surface area contributed by atoms with Gasteiger partial charge in [0.05, 0.1) is 17.1 Å². The minimum atomic E-state index is -0.466. The van der Waals surface area contributed by atoms with Crippen LogP contribution in [-0.2, 0) is 6.54 Å². The molecule has 27 heavy (non-hydrogen) atoms. The Morgan fingerprint density at radius 2 is 2.04 bits per heavy atom. The second-order valence-corrected chi connectivity index (χ2v) is 6.58. The zero-order valence-corrected chi connectivity index (χ0v) is 14.4. The van der Waals surface area contributed by atoms with Gasteiger partial charge in [-0.05, 0) is 12.0 Å². The predicted molar refractivity (Wildman–Crippen MR) is 96.6 cm³/mol. The Hall–Kier alpha value is -3.10. The van der Waals surface area contributed by atoms with E-state index in [0.29, 0.717) is 36.8 Å². The standard InChI is InChI=1S/C19H18N4O4/c24-16-10-17(22(12-16)11-13-5-2-1-3-6-13)19-20-18(21-27-19)14-7-4-8-15(9-14)23(25)26/h1-9,16-17,24H,10-12H2/t16-,17+/m1/s1. The van der Waals surface area contributed by atoms with Gasteiger partial charge in [0, 0.05) is 30.8 Å². The summed E-state index contributed by atoms with van der Waals surface area (Å²) in [7, 11) is 0. The maximum atomic E-state index is 11.0. The molecule has 1 fully saturated rings. The highest BCUT2D eigenvalue weighted by Crippen LogP contribution is 2.33. The van der Waals surface area contributed by atoms with Gasteiger partial charge in [0.1, 0.15) is 0 Å². The van der Waals surface area contributed by atoms with E-state index in [1.165, 1.54) is 12.1 Å². The molecule has 1 aromatic heterocycles. The van der Waals surface area contributed by atoms with Crippen molar-refractivity contribution in [3.63, 3.8) is 0 Å². The van der Waals surface area contributed by atoms with E-state index in [1.54, 1.807) is 12.1 Å². The van der Waals surface area contributed by atoms with Crippen molar-refractivity contribution in [2.45, 2.75) is 25.1 Å². The lowest BCUT2D eigenvalue weighted by Crippen LogP contribution is -2.24. The van der Waals surface area contributed by atoms with E-state index in [1.807, 2.05) is 30.3 Å². The summed E-state index contributed by atoms with van der Waals surface area (Å²) in [6.07, 6.45) is 0.0375. The Kier molecular flexibility index (Phi) is 4.66. The monoisotopic (exact) mass is 366 g/mol. The fourth-order valence-corrected chi connectivity index (χ4v) is 3.38. The Balaban J connectivity index is 1.58. The average Bonchev–Trinajstić information content (AvgIpc) is 3.29. The van der Waals surface area contributed by atoms with Gasteiger partial charge in [-0.2, -0.15) is 4.98 Å². The summed E-state index contributed by atoms with van der Waals surface area (Å²) in [5, 5.41) is 25.1. The second-order valence-electron chi connectivity index (χ2n) is 6.58. The van der Waals surface area contributed by atoms with Crippen molar-refractivity contribution in [2.75, 3.05) is 6.54 Å². The average molecular weight is 366 g/mol. The quantitative estimate of drug-likeness (QED) is 0.546. The molecule has 1 saturated heterocycles. The van der Waals surface area contributed by atoms with E-state index in [2.05, 4.69) is 15.0 Å². The molecular weight excluding hydrogens is 348 g/mol. The highest BCUT2D eigenvalue weighted by Gasteiger charge is 2.36. The molecule has 0 spiro atoms. The molecule has 138 valence electrons. The maximum Gasteiger partial charge on any atom is 0.270 e. The van der Waals surface area contributed by atoms with E-state index < -0.39 is 11.0 Å². The molecule has 3 aromatic rings. The molecule has 4 rings (SSSR count). The number of benzene rings is 2. The molecule has 8 nitrogen and oxygen atoms in total. The summed E-state index contributed by atoms with van der Waals surface area (Å²) in [6, 6.07) is 15.9. The summed E-state index contributed by atoms with van der Waals surface area (Å²) in [6.45, 7) is 1.19. The zero-order valence-electron chi connectivity index (χ0n) is 14.4. The van der Waals surface area contributed by atoms with Crippen LogP contribution < -0.4 is 0 Å². The molecule has 0 radical (unpaired) electrons. The molecule has 1 aliphatic rings. The first-order chi connectivity index (χ1) is 13.1. The van der Waals surface area contributed by atoms with Crippen LogP contribution in [0.3, 0.4) is 0 Å². The minimum Gasteiger partial charge on any atom is -0.392 e.